The third-order valence-electron chi connectivity index (χ3n) is 12.0. The molecule has 0 unspecified atom stereocenters. The number of hydrogen-bond acceptors (Lipinski definition) is 4. The zero-order valence-corrected chi connectivity index (χ0v) is 42.5. The molecule has 307 valence electrons. The molecule has 1 fully saturated rings. The van der Waals surface area contributed by atoms with E-state index in [1.165, 1.54) is 99.2 Å². The Morgan fingerprint density at radius 1 is 0.629 bits per heavy atom. The summed E-state index contributed by atoms with van der Waals surface area (Å²) in [5.41, 5.74) is 9.26. The van der Waals surface area contributed by atoms with Crippen molar-refractivity contribution in [3.63, 3.8) is 0 Å². The van der Waals surface area contributed by atoms with E-state index in [-0.39, 0.29) is 0 Å². The minimum absolute atomic E-state index is 1.05. The molecule has 4 aromatic carbocycles. The fourth-order valence-corrected chi connectivity index (χ4v) is 19.2. The SMILES string of the molecule is CC=C1CCCC1=CC(C#Cc1cc2c(-c3cc(C)c(C)s3)c3sc(/C=C/C)cc3c(-c3cc(C)c(C)s3)c2s1)=C([C]#[Os])[P+](c1ccccc1)(c1ccccc1)c1ccccc1. The van der Waals surface area contributed by atoms with E-state index in [0.29, 0.717) is 0 Å². The first-order valence-electron chi connectivity index (χ1n) is 21.1. The summed E-state index contributed by atoms with van der Waals surface area (Å²) in [6.07, 6.45) is 12.5. The van der Waals surface area contributed by atoms with Crippen LogP contribution in [0.4, 0.5) is 0 Å². The molecule has 0 bridgehead atoms. The maximum absolute atomic E-state index is 3.95. The molecule has 0 amide bonds. The maximum atomic E-state index is 3.95. The van der Waals surface area contributed by atoms with Crippen LogP contribution < -0.4 is 15.9 Å². The topological polar surface area (TPSA) is 0 Å². The second-order valence-electron chi connectivity index (χ2n) is 15.8. The monoisotopic (exact) mass is 1070 g/mol. The van der Waals surface area contributed by atoms with Crippen LogP contribution in [0.3, 0.4) is 0 Å². The van der Waals surface area contributed by atoms with Gasteiger partial charge in [0.15, 0.2) is 0 Å². The first-order valence-corrected chi connectivity index (χ1v) is 27.4. The number of thiophene rings is 4. The Labute approximate surface area is 393 Å². The van der Waals surface area contributed by atoms with Gasteiger partial charge in [0, 0.05) is 0 Å². The number of benzene rings is 4. The van der Waals surface area contributed by atoms with Crippen LogP contribution in [0.2, 0.25) is 0 Å². The van der Waals surface area contributed by atoms with Gasteiger partial charge in [-0.3, -0.25) is 0 Å². The summed E-state index contributed by atoms with van der Waals surface area (Å²) >= 11 is 9.43. The van der Waals surface area contributed by atoms with Crippen LogP contribution in [0, 0.1) is 43.9 Å². The first-order chi connectivity index (χ1) is 30.2. The van der Waals surface area contributed by atoms with Gasteiger partial charge in [-0.2, -0.15) is 0 Å². The molecule has 6 heteroatoms. The van der Waals surface area contributed by atoms with E-state index in [1.807, 2.05) is 63.3 Å². The van der Waals surface area contributed by atoms with Crippen molar-refractivity contribution in [2.45, 2.75) is 60.8 Å². The Balaban J connectivity index is 1.38. The first kappa shape index (κ1) is 42.8. The van der Waals surface area contributed by atoms with Gasteiger partial charge in [-0.15, -0.1) is 0 Å². The molecule has 9 rings (SSSR count). The molecule has 0 saturated heterocycles. The number of fused-ring (bicyclic) bond motifs is 2. The minimum atomic E-state index is -2.48. The Kier molecular flexibility index (Phi) is 12.7. The Morgan fingerprint density at radius 2 is 1.15 bits per heavy atom. The van der Waals surface area contributed by atoms with E-state index in [0.717, 1.165) is 29.7 Å². The number of aryl methyl sites for hydroxylation is 4. The molecule has 4 aromatic heterocycles. The van der Waals surface area contributed by atoms with Crippen molar-refractivity contribution in [3.05, 3.63) is 186 Å². The van der Waals surface area contributed by atoms with Crippen LogP contribution in [0.1, 0.15) is 63.7 Å². The van der Waals surface area contributed by atoms with E-state index in [4.69, 9.17) is 0 Å². The number of allylic oxidation sites excluding steroid dienone is 7. The number of rotatable bonds is 8. The van der Waals surface area contributed by atoms with E-state index >= 15 is 0 Å². The molecule has 0 atom stereocenters. The van der Waals surface area contributed by atoms with Gasteiger partial charge in [-0.25, -0.2) is 0 Å². The van der Waals surface area contributed by atoms with E-state index in [1.54, 1.807) is 0 Å². The second-order valence-corrected chi connectivity index (χ2v) is 24.4. The van der Waals surface area contributed by atoms with E-state index < -0.39 is 7.26 Å². The summed E-state index contributed by atoms with van der Waals surface area (Å²) in [4.78, 5) is 7.77. The molecule has 4 heterocycles. The van der Waals surface area contributed by atoms with E-state index in [2.05, 4.69) is 197 Å². The fraction of sp³-hybridized carbons (Fsp3) is 0.161. The van der Waals surface area contributed by atoms with Gasteiger partial charge in [0.05, 0.1) is 0 Å². The molecular formula is C56H47OsPS4+. The molecule has 1 aliphatic carbocycles. The molecule has 0 nitrogen and oxygen atoms in total. The van der Waals surface area contributed by atoms with Gasteiger partial charge in [0.2, 0.25) is 0 Å². The van der Waals surface area contributed by atoms with Gasteiger partial charge in [0.25, 0.3) is 0 Å². The fourth-order valence-electron chi connectivity index (χ4n) is 8.81. The molecule has 0 spiro atoms. The zero-order chi connectivity index (χ0) is 43.0. The Bertz CT molecular complexity index is 2980. The van der Waals surface area contributed by atoms with Gasteiger partial charge in [-0.1, -0.05) is 6.08 Å². The third kappa shape index (κ3) is 7.81. The predicted molar refractivity (Wildman–Crippen MR) is 276 cm³/mol. The van der Waals surface area contributed by atoms with Gasteiger partial charge >= 0.3 is 350 Å². The van der Waals surface area contributed by atoms with Gasteiger partial charge in [-0.05, 0) is 40.7 Å². The second kappa shape index (κ2) is 18.3. The van der Waals surface area contributed by atoms with E-state index in [9.17, 15) is 0 Å². The summed E-state index contributed by atoms with van der Waals surface area (Å²) < 4.78 is 6.58. The summed E-state index contributed by atoms with van der Waals surface area (Å²) in [6, 6.07) is 43.1. The van der Waals surface area contributed by atoms with Crippen LogP contribution in [0.15, 0.2) is 156 Å². The van der Waals surface area contributed by atoms with Crippen molar-refractivity contribution in [2.24, 2.45) is 0 Å². The Morgan fingerprint density at radius 3 is 1.63 bits per heavy atom. The van der Waals surface area contributed by atoms with Crippen LogP contribution in [-0.2, 0) is 17.9 Å². The quantitative estimate of drug-likeness (QED) is 0.105. The average Bonchev–Trinajstić information content (AvgIpc) is 4.14. The molecule has 0 N–H and O–H groups in total. The predicted octanol–water partition coefficient (Wildman–Crippen LogP) is 16.0. The summed E-state index contributed by atoms with van der Waals surface area (Å²) in [5.74, 6) is 7.82. The third-order valence-corrected chi connectivity index (χ3v) is 21.9. The van der Waals surface area contributed by atoms with Crippen molar-refractivity contribution in [2.75, 3.05) is 0 Å². The number of hydrogen-bond donors (Lipinski definition) is 0. The van der Waals surface area contributed by atoms with Crippen LogP contribution in [0.25, 0.3) is 47.1 Å². The van der Waals surface area contributed by atoms with Crippen molar-refractivity contribution in [1.82, 2.24) is 0 Å². The van der Waals surface area contributed by atoms with Crippen molar-refractivity contribution < 1.29 is 17.9 Å². The van der Waals surface area contributed by atoms with Gasteiger partial charge in [0.1, 0.15) is 0 Å². The molecule has 1 aliphatic rings. The molecular weight excluding hydrogens is 1020 g/mol. The average molecular weight is 1070 g/mol. The van der Waals surface area contributed by atoms with Crippen LogP contribution in [-0.4, -0.2) is 0 Å². The molecule has 0 aliphatic heterocycles. The summed E-state index contributed by atoms with van der Waals surface area (Å²) in [6.45, 7) is 13.3. The van der Waals surface area contributed by atoms with Crippen molar-refractivity contribution in [1.29, 1.82) is 0 Å². The summed E-state index contributed by atoms with van der Waals surface area (Å²) in [5, 5.41) is 7.74. The molecule has 8 aromatic rings. The summed E-state index contributed by atoms with van der Waals surface area (Å²) in [7, 11) is -2.48. The van der Waals surface area contributed by atoms with Crippen LogP contribution >= 0.6 is 52.6 Å². The Hall–Kier alpha value is -4.43. The van der Waals surface area contributed by atoms with Crippen molar-refractivity contribution in [3.8, 4) is 37.1 Å². The zero-order valence-electron chi connectivity index (χ0n) is 35.8. The molecule has 0 radical (unpaired) electrons. The van der Waals surface area contributed by atoms with Gasteiger partial charge < -0.3 is 0 Å². The normalized spacial score (nSPS) is 14.9. The van der Waals surface area contributed by atoms with Crippen molar-refractivity contribution >= 4 is 94.8 Å². The molecule has 62 heavy (non-hydrogen) atoms. The standard InChI is InChI=1S/C56H47PS4.Os/c1-8-20-47-34-49-53(51-31-36(3)39(6)58-51)56-50(54(55(49)60-47)52-32-37(4)40(7)59-52)35-48(61-56)30-29-42(33-43-22-19-21-41(43)9-2)38(5)57(44-23-13-10-14-24-44,45-25-15-11-16-26-45)46-27-17-12-18-28-46;/h8-18,20,23-28,31-35H,19,21-22H2,1-4,6-7H3;/q+1;/b20-8+,41-9?,42-38?,43-33?;. The molecule has 1 saturated carbocycles. The van der Waals surface area contributed by atoms with Crippen LogP contribution in [0.5, 0.6) is 0 Å².